The lowest BCUT2D eigenvalue weighted by molar-refractivity contribution is -0.132. The molecule has 0 spiro atoms. The van der Waals surface area contributed by atoms with Crippen molar-refractivity contribution in [2.45, 2.75) is 43.3 Å². The van der Waals surface area contributed by atoms with Crippen LogP contribution < -0.4 is 14.4 Å². The average molecular weight is 650 g/mol. The molecule has 228 valence electrons. The summed E-state index contributed by atoms with van der Waals surface area (Å²) in [5.41, 5.74) is 3.12. The average Bonchev–Trinajstić information content (AvgIpc) is 3.58. The fraction of sp³-hybridized carbons (Fsp3) is 0.273. The molecular weight excluding hydrogens is 618 g/mol. The number of carbonyl (C=O) groups is 2. The Labute approximate surface area is 269 Å². The first-order valence-electron chi connectivity index (χ1n) is 14.1. The molecule has 1 aliphatic rings. The Morgan fingerprint density at radius 1 is 1.05 bits per heavy atom. The number of nitrogens with zero attached hydrogens (tertiary/aromatic N) is 3. The van der Waals surface area contributed by atoms with Gasteiger partial charge in [0.25, 0.3) is 5.78 Å². The fourth-order valence-corrected chi connectivity index (χ4v) is 6.62. The van der Waals surface area contributed by atoms with E-state index < -0.39 is 17.7 Å². The van der Waals surface area contributed by atoms with Crippen molar-refractivity contribution in [2.24, 2.45) is 5.92 Å². The highest BCUT2D eigenvalue weighted by Gasteiger charge is 2.48. The third kappa shape index (κ3) is 6.93. The van der Waals surface area contributed by atoms with Gasteiger partial charge in [-0.2, -0.15) is 0 Å². The van der Waals surface area contributed by atoms with E-state index in [1.807, 2.05) is 6.92 Å². The topological polar surface area (TPSA) is 102 Å². The zero-order valence-electron chi connectivity index (χ0n) is 24.7. The number of halogens is 1. The number of aliphatic hydroxyl groups is 1. The Morgan fingerprint density at radius 2 is 1.77 bits per heavy atom. The summed E-state index contributed by atoms with van der Waals surface area (Å²) in [5.74, 6) is 0.160. The van der Waals surface area contributed by atoms with Crippen molar-refractivity contribution < 1.29 is 24.2 Å². The zero-order chi connectivity index (χ0) is 31.4. The van der Waals surface area contributed by atoms with Crippen molar-refractivity contribution in [3.05, 3.63) is 99.6 Å². The summed E-state index contributed by atoms with van der Waals surface area (Å²) in [7, 11) is 1.53. The Morgan fingerprint density at radius 3 is 2.45 bits per heavy atom. The van der Waals surface area contributed by atoms with Gasteiger partial charge < -0.3 is 14.6 Å². The summed E-state index contributed by atoms with van der Waals surface area (Å²) in [5, 5.41) is 20.7. The second kappa shape index (κ2) is 13.8. The maximum absolute atomic E-state index is 13.6. The number of rotatable bonds is 11. The van der Waals surface area contributed by atoms with Gasteiger partial charge in [0.15, 0.2) is 15.8 Å². The van der Waals surface area contributed by atoms with Gasteiger partial charge in [0.05, 0.1) is 25.3 Å². The molecule has 2 heterocycles. The summed E-state index contributed by atoms with van der Waals surface area (Å²) in [4.78, 5) is 28.5. The van der Waals surface area contributed by atoms with E-state index in [1.54, 1.807) is 42.5 Å². The molecule has 1 amide bonds. The molecule has 1 aromatic heterocycles. The molecule has 0 aliphatic carbocycles. The van der Waals surface area contributed by atoms with E-state index in [0.29, 0.717) is 50.3 Å². The number of aryl methyl sites for hydroxylation is 1. The molecule has 44 heavy (non-hydrogen) atoms. The van der Waals surface area contributed by atoms with Crippen LogP contribution in [0.2, 0.25) is 5.02 Å². The lowest BCUT2D eigenvalue weighted by Crippen LogP contribution is -2.29. The van der Waals surface area contributed by atoms with Crippen LogP contribution in [0.3, 0.4) is 0 Å². The number of aliphatic hydroxyl groups excluding tert-OH is 1. The number of carbonyl (C=O) groups excluding carboxylic acids is 2. The number of ether oxygens (including phenoxy) is 2. The van der Waals surface area contributed by atoms with E-state index in [0.717, 1.165) is 12.0 Å². The van der Waals surface area contributed by atoms with Crippen LogP contribution in [-0.4, -0.2) is 40.7 Å². The molecular formula is C33H32ClN3O5S2. The molecule has 4 aromatic rings. The van der Waals surface area contributed by atoms with E-state index in [1.165, 1.54) is 40.7 Å². The first-order valence-corrected chi connectivity index (χ1v) is 16.2. The summed E-state index contributed by atoms with van der Waals surface area (Å²) in [6, 6.07) is 18.9. The number of amides is 1. The quantitative estimate of drug-likeness (QED) is 0.0576. The van der Waals surface area contributed by atoms with Crippen molar-refractivity contribution in [1.29, 1.82) is 0 Å². The molecule has 0 bridgehead atoms. The van der Waals surface area contributed by atoms with Gasteiger partial charge in [0.1, 0.15) is 5.76 Å². The number of methoxy groups -OCH3 is 1. The first kappa shape index (κ1) is 31.6. The minimum Gasteiger partial charge on any atom is -0.507 e. The standard InChI is InChI=1S/C33H32ClN3O5S2/c1-19(2)15-16-42-25-14-11-23(17-26(25)41-4)28-27(29(38)22-9-12-24(34)13-10-22)30(39)31(40)37(28)32-35-36-33(44-32)43-18-21-7-5-20(3)6-8-21/h5-14,17,19,28,38H,15-16,18H2,1-4H3/b29-27-. The van der Waals surface area contributed by atoms with E-state index in [9.17, 15) is 14.7 Å². The van der Waals surface area contributed by atoms with Crippen LogP contribution >= 0.6 is 34.7 Å². The van der Waals surface area contributed by atoms with E-state index >= 15 is 0 Å². The van der Waals surface area contributed by atoms with Crippen LogP contribution in [0.1, 0.15) is 48.6 Å². The molecule has 1 unspecified atom stereocenters. The molecule has 0 radical (unpaired) electrons. The molecule has 11 heteroatoms. The van der Waals surface area contributed by atoms with Gasteiger partial charge in [0, 0.05) is 16.3 Å². The van der Waals surface area contributed by atoms with Gasteiger partial charge >= 0.3 is 5.91 Å². The molecule has 1 atom stereocenters. The van der Waals surface area contributed by atoms with E-state index in [2.05, 4.69) is 48.3 Å². The molecule has 3 aromatic carbocycles. The van der Waals surface area contributed by atoms with Gasteiger partial charge in [-0.1, -0.05) is 84.4 Å². The summed E-state index contributed by atoms with van der Waals surface area (Å²) >= 11 is 8.77. The second-order valence-electron chi connectivity index (χ2n) is 10.7. The Bertz CT molecular complexity index is 1690. The molecule has 1 N–H and O–H groups in total. The van der Waals surface area contributed by atoms with E-state index in [4.69, 9.17) is 21.1 Å². The van der Waals surface area contributed by atoms with Gasteiger partial charge in [-0.15, -0.1) is 10.2 Å². The maximum Gasteiger partial charge on any atom is 0.301 e. The number of thioether (sulfide) groups is 1. The number of aromatic nitrogens is 2. The molecule has 0 saturated carbocycles. The smallest absolute Gasteiger partial charge is 0.301 e. The number of hydrogen-bond donors (Lipinski definition) is 1. The summed E-state index contributed by atoms with van der Waals surface area (Å²) in [6.45, 7) is 6.78. The number of benzene rings is 3. The molecule has 5 rings (SSSR count). The number of anilines is 1. The molecule has 1 aliphatic heterocycles. The number of Topliss-reactive ketones (excluding diaryl/α,β-unsaturated/α-hetero) is 1. The second-order valence-corrected chi connectivity index (χ2v) is 13.4. The van der Waals surface area contributed by atoms with Crippen LogP contribution in [0.15, 0.2) is 76.6 Å². The predicted molar refractivity (Wildman–Crippen MR) is 175 cm³/mol. The largest absolute Gasteiger partial charge is 0.507 e. The van der Waals surface area contributed by atoms with Gasteiger partial charge in [-0.05, 0) is 66.8 Å². The van der Waals surface area contributed by atoms with Crippen LogP contribution in [-0.2, 0) is 15.3 Å². The molecule has 8 nitrogen and oxygen atoms in total. The monoisotopic (exact) mass is 649 g/mol. The van der Waals surface area contributed by atoms with Crippen LogP contribution in [0.25, 0.3) is 5.76 Å². The third-order valence-electron chi connectivity index (χ3n) is 7.10. The lowest BCUT2D eigenvalue weighted by Gasteiger charge is -2.23. The Kier molecular flexibility index (Phi) is 9.93. The van der Waals surface area contributed by atoms with Gasteiger partial charge in [0.2, 0.25) is 5.13 Å². The minimum atomic E-state index is -0.993. The summed E-state index contributed by atoms with van der Waals surface area (Å²) in [6.07, 6.45) is 0.869. The van der Waals surface area contributed by atoms with E-state index in [-0.39, 0.29) is 16.5 Å². The highest BCUT2D eigenvalue weighted by molar-refractivity contribution is 8.00. The zero-order valence-corrected chi connectivity index (χ0v) is 27.1. The van der Waals surface area contributed by atoms with Crippen molar-refractivity contribution >= 4 is 57.3 Å². The highest BCUT2D eigenvalue weighted by atomic mass is 35.5. The van der Waals surface area contributed by atoms with Crippen molar-refractivity contribution in [2.75, 3.05) is 18.6 Å². The SMILES string of the molecule is COc1cc(C2/C(=C(/O)c3ccc(Cl)cc3)C(=O)C(=O)N2c2nnc(SCc3ccc(C)cc3)s2)ccc1OCCC(C)C. The summed E-state index contributed by atoms with van der Waals surface area (Å²) < 4.78 is 12.3. The fourth-order valence-electron chi connectivity index (χ4n) is 4.67. The minimum absolute atomic E-state index is 0.0723. The first-order chi connectivity index (χ1) is 21.2. The van der Waals surface area contributed by atoms with Gasteiger partial charge in [-0.3, -0.25) is 14.5 Å². The van der Waals surface area contributed by atoms with Crippen molar-refractivity contribution in [3.8, 4) is 11.5 Å². The highest BCUT2D eigenvalue weighted by Crippen LogP contribution is 2.45. The number of ketones is 1. The van der Waals surface area contributed by atoms with Crippen molar-refractivity contribution in [3.63, 3.8) is 0 Å². The van der Waals surface area contributed by atoms with Crippen LogP contribution in [0.5, 0.6) is 11.5 Å². The molecule has 1 fully saturated rings. The maximum atomic E-state index is 13.6. The predicted octanol–water partition coefficient (Wildman–Crippen LogP) is 7.85. The van der Waals surface area contributed by atoms with Gasteiger partial charge in [-0.25, -0.2) is 0 Å². The Hall–Kier alpha value is -3.86. The van der Waals surface area contributed by atoms with Crippen LogP contribution in [0.4, 0.5) is 5.13 Å². The third-order valence-corrected chi connectivity index (χ3v) is 9.48. The Balaban J connectivity index is 1.54. The number of hydrogen-bond acceptors (Lipinski definition) is 9. The normalized spacial score (nSPS) is 16.1. The van der Waals surface area contributed by atoms with Crippen molar-refractivity contribution in [1.82, 2.24) is 10.2 Å². The lowest BCUT2D eigenvalue weighted by atomic mass is 9.95. The molecule has 1 saturated heterocycles. The van der Waals surface area contributed by atoms with Crippen LogP contribution in [0, 0.1) is 12.8 Å².